The molecule has 0 radical (unpaired) electrons. The smallest absolute Gasteiger partial charge is 0.137 e. The fourth-order valence-electron chi connectivity index (χ4n) is 3.33. The molecule has 17 heavy (non-hydrogen) atoms. The third-order valence-corrected chi connectivity index (χ3v) is 5.77. The fourth-order valence-corrected chi connectivity index (χ4v) is 4.92. The molecule has 0 saturated carbocycles. The summed E-state index contributed by atoms with van der Waals surface area (Å²) >= 11 is 0. The van der Waals surface area contributed by atoms with Crippen molar-refractivity contribution in [2.75, 3.05) is 6.54 Å². The first kappa shape index (κ1) is 10.1. The van der Waals surface area contributed by atoms with Crippen LogP contribution in [-0.4, -0.2) is 26.9 Å². The van der Waals surface area contributed by atoms with Crippen molar-refractivity contribution in [1.29, 1.82) is 0 Å². The molecule has 0 aromatic heterocycles. The molecule has 4 aliphatic rings. The predicted octanol–water partition coefficient (Wildman–Crippen LogP) is 2.29. The molecule has 4 rings (SSSR count). The summed E-state index contributed by atoms with van der Waals surface area (Å²) in [7, 11) is -0.931. The molecule has 1 aliphatic carbocycles. The van der Waals surface area contributed by atoms with Gasteiger partial charge in [0.15, 0.2) is 0 Å². The molecule has 0 aromatic carbocycles. The van der Waals surface area contributed by atoms with Crippen molar-refractivity contribution in [2.24, 2.45) is 4.99 Å². The van der Waals surface area contributed by atoms with E-state index in [1.54, 1.807) is 0 Å². The zero-order valence-corrected chi connectivity index (χ0v) is 10.6. The molecule has 3 aliphatic heterocycles. The minimum absolute atomic E-state index is 0.277. The Balaban J connectivity index is 1.83. The van der Waals surface area contributed by atoms with Crippen LogP contribution in [0.2, 0.25) is 0 Å². The standard InChI is InChI=1S/C13H16N2OS/c16-17-11-5-2-1-4-9(11)10-8-15-7-3-6-12(15)14-13(10)17/h8,12H,1-7H2. The van der Waals surface area contributed by atoms with Gasteiger partial charge in [0.25, 0.3) is 0 Å². The molecule has 0 bridgehead atoms. The van der Waals surface area contributed by atoms with E-state index in [-0.39, 0.29) is 6.17 Å². The van der Waals surface area contributed by atoms with Crippen LogP contribution in [0.25, 0.3) is 0 Å². The average molecular weight is 248 g/mol. The van der Waals surface area contributed by atoms with E-state index in [9.17, 15) is 4.21 Å². The van der Waals surface area contributed by atoms with Crippen molar-refractivity contribution in [3.63, 3.8) is 0 Å². The number of rotatable bonds is 0. The normalized spacial score (nSPS) is 35.2. The van der Waals surface area contributed by atoms with Crippen molar-refractivity contribution in [3.05, 3.63) is 22.3 Å². The second kappa shape index (κ2) is 3.55. The van der Waals surface area contributed by atoms with Crippen molar-refractivity contribution < 1.29 is 4.21 Å². The summed E-state index contributed by atoms with van der Waals surface area (Å²) in [6.45, 7) is 1.11. The van der Waals surface area contributed by atoms with Gasteiger partial charge in [-0.3, -0.25) is 0 Å². The van der Waals surface area contributed by atoms with Crippen LogP contribution in [0.15, 0.2) is 27.2 Å². The Kier molecular flexibility index (Phi) is 2.10. The van der Waals surface area contributed by atoms with Gasteiger partial charge in [-0.05, 0) is 44.1 Å². The largest absolute Gasteiger partial charge is 0.355 e. The minimum Gasteiger partial charge on any atom is -0.355 e. The third kappa shape index (κ3) is 1.33. The maximum Gasteiger partial charge on any atom is 0.137 e. The topological polar surface area (TPSA) is 32.7 Å². The molecule has 0 aromatic rings. The Bertz CT molecular complexity index is 504. The highest BCUT2D eigenvalue weighted by atomic mass is 32.2. The van der Waals surface area contributed by atoms with Crippen LogP contribution in [-0.2, 0) is 10.8 Å². The summed E-state index contributed by atoms with van der Waals surface area (Å²) < 4.78 is 12.4. The van der Waals surface area contributed by atoms with Crippen LogP contribution in [0, 0.1) is 0 Å². The van der Waals surface area contributed by atoms with Gasteiger partial charge >= 0.3 is 0 Å². The highest BCUT2D eigenvalue weighted by Gasteiger charge is 2.38. The Morgan fingerprint density at radius 1 is 1.29 bits per heavy atom. The van der Waals surface area contributed by atoms with Crippen LogP contribution >= 0.6 is 0 Å². The van der Waals surface area contributed by atoms with Gasteiger partial charge in [0, 0.05) is 23.2 Å². The monoisotopic (exact) mass is 248 g/mol. The van der Waals surface area contributed by atoms with Gasteiger partial charge in [0.05, 0.1) is 0 Å². The summed E-state index contributed by atoms with van der Waals surface area (Å²) in [6.07, 6.45) is 9.40. The van der Waals surface area contributed by atoms with Crippen LogP contribution in [0.3, 0.4) is 0 Å². The second-order valence-corrected chi connectivity index (χ2v) is 6.63. The first-order valence-electron chi connectivity index (χ1n) is 6.54. The van der Waals surface area contributed by atoms with E-state index in [4.69, 9.17) is 4.99 Å². The summed E-state index contributed by atoms with van der Waals surface area (Å²) in [5, 5.41) is 0.889. The van der Waals surface area contributed by atoms with Gasteiger partial charge in [-0.2, -0.15) is 0 Å². The van der Waals surface area contributed by atoms with Gasteiger partial charge in [0.1, 0.15) is 22.0 Å². The van der Waals surface area contributed by atoms with Crippen molar-refractivity contribution in [1.82, 2.24) is 4.90 Å². The average Bonchev–Trinajstić information content (AvgIpc) is 2.92. The molecule has 2 unspecified atom stereocenters. The molecule has 1 saturated heterocycles. The predicted molar refractivity (Wildman–Crippen MR) is 68.9 cm³/mol. The molecule has 1 fully saturated rings. The molecule has 3 nitrogen and oxygen atoms in total. The molecule has 3 heterocycles. The van der Waals surface area contributed by atoms with Crippen LogP contribution in [0.1, 0.15) is 38.5 Å². The van der Waals surface area contributed by atoms with Gasteiger partial charge in [0.2, 0.25) is 0 Å². The number of hydrogen-bond acceptors (Lipinski definition) is 3. The lowest BCUT2D eigenvalue weighted by Crippen LogP contribution is -2.29. The van der Waals surface area contributed by atoms with Gasteiger partial charge in [-0.15, -0.1) is 0 Å². The Morgan fingerprint density at radius 2 is 2.18 bits per heavy atom. The minimum atomic E-state index is -0.931. The second-order valence-electron chi connectivity index (χ2n) is 5.22. The number of aliphatic imine (C=N–C) groups is 1. The lowest BCUT2D eigenvalue weighted by atomic mass is 9.94. The Labute approximate surface area is 104 Å². The third-order valence-electron chi connectivity index (χ3n) is 4.19. The van der Waals surface area contributed by atoms with Crippen molar-refractivity contribution in [2.45, 2.75) is 44.7 Å². The molecular formula is C13H16N2OS. The Hall–Kier alpha value is -0.900. The summed E-state index contributed by atoms with van der Waals surface area (Å²) in [4.78, 5) is 8.26. The van der Waals surface area contributed by atoms with E-state index in [0.29, 0.717) is 0 Å². The van der Waals surface area contributed by atoms with Gasteiger partial charge < -0.3 is 4.90 Å². The lowest BCUT2D eigenvalue weighted by Gasteiger charge is -2.25. The highest BCUT2D eigenvalue weighted by Crippen LogP contribution is 2.42. The van der Waals surface area contributed by atoms with Crippen LogP contribution < -0.4 is 0 Å². The molecule has 0 spiro atoms. The molecule has 4 heteroatoms. The molecule has 90 valence electrons. The summed E-state index contributed by atoms with van der Waals surface area (Å²) in [6, 6.07) is 0. The first-order valence-corrected chi connectivity index (χ1v) is 7.69. The first-order chi connectivity index (χ1) is 8.34. The zero-order chi connectivity index (χ0) is 11.4. The molecule has 2 atom stereocenters. The van der Waals surface area contributed by atoms with Crippen molar-refractivity contribution in [3.8, 4) is 0 Å². The lowest BCUT2D eigenvalue weighted by molar-refractivity contribution is 0.354. The van der Waals surface area contributed by atoms with E-state index < -0.39 is 10.8 Å². The molecule has 0 N–H and O–H groups in total. The summed E-state index contributed by atoms with van der Waals surface area (Å²) in [5.74, 6) is 0. The zero-order valence-electron chi connectivity index (χ0n) is 9.82. The SMILES string of the molecule is O=S1C2=NC3CCCN3C=C2C2=C1CCCC2. The maximum absolute atomic E-state index is 12.4. The van der Waals surface area contributed by atoms with E-state index in [1.165, 1.54) is 35.3 Å². The van der Waals surface area contributed by atoms with Gasteiger partial charge in [-0.25, -0.2) is 9.20 Å². The van der Waals surface area contributed by atoms with Crippen LogP contribution in [0.5, 0.6) is 0 Å². The maximum atomic E-state index is 12.4. The van der Waals surface area contributed by atoms with Crippen LogP contribution in [0.4, 0.5) is 0 Å². The quantitative estimate of drug-likeness (QED) is 0.659. The highest BCUT2D eigenvalue weighted by molar-refractivity contribution is 8.05. The Morgan fingerprint density at radius 3 is 3.12 bits per heavy atom. The van der Waals surface area contributed by atoms with E-state index in [0.717, 1.165) is 30.9 Å². The van der Waals surface area contributed by atoms with E-state index in [2.05, 4.69) is 11.1 Å². The number of nitrogens with zero attached hydrogens (tertiary/aromatic N) is 2. The van der Waals surface area contributed by atoms with Gasteiger partial charge in [-0.1, -0.05) is 0 Å². The summed E-state index contributed by atoms with van der Waals surface area (Å²) in [5.41, 5.74) is 2.56. The van der Waals surface area contributed by atoms with Crippen molar-refractivity contribution >= 4 is 15.8 Å². The molecule has 0 amide bonds. The number of fused-ring (bicyclic) bond motifs is 3. The number of hydrogen-bond donors (Lipinski definition) is 0. The van der Waals surface area contributed by atoms with E-state index >= 15 is 0 Å². The molecular weight excluding hydrogens is 232 g/mol. The van der Waals surface area contributed by atoms with E-state index in [1.807, 2.05) is 0 Å². The number of allylic oxidation sites excluding steroid dienone is 2. The fraction of sp³-hybridized carbons (Fsp3) is 0.615.